The first-order valence-corrected chi connectivity index (χ1v) is 7.48. The van der Waals surface area contributed by atoms with Gasteiger partial charge in [0.2, 0.25) is 0 Å². The van der Waals surface area contributed by atoms with Crippen LogP contribution in [0.4, 0.5) is 0 Å². The van der Waals surface area contributed by atoms with Gasteiger partial charge in [0.25, 0.3) is 0 Å². The first-order valence-electron chi connectivity index (χ1n) is 7.48. The highest BCUT2D eigenvalue weighted by molar-refractivity contribution is 5.88. The number of carbonyl (C=O) groups is 1. The predicted octanol–water partition coefficient (Wildman–Crippen LogP) is 1.02. The molecule has 0 saturated carbocycles. The summed E-state index contributed by atoms with van der Waals surface area (Å²) in [6.07, 6.45) is 4.21. The van der Waals surface area contributed by atoms with Gasteiger partial charge >= 0.3 is 5.97 Å². The highest BCUT2D eigenvalue weighted by Crippen LogP contribution is 2.22. The summed E-state index contributed by atoms with van der Waals surface area (Å²) in [6.45, 7) is 4.42. The molecular weight excluding hydrogens is 272 g/mol. The van der Waals surface area contributed by atoms with E-state index in [1.54, 1.807) is 6.07 Å². The molecule has 1 aromatic rings. The van der Waals surface area contributed by atoms with Crippen LogP contribution in [0.15, 0.2) is 16.7 Å². The van der Waals surface area contributed by atoms with Gasteiger partial charge in [-0.15, -0.1) is 0 Å². The molecule has 3 heterocycles. The SMILES string of the molecule is COC(=O)c1coc(CNCC2CN3CCCC3CO2)c1. The van der Waals surface area contributed by atoms with Crippen LogP contribution in [-0.4, -0.2) is 56.4 Å². The number of ether oxygens (including phenoxy) is 2. The molecule has 0 bridgehead atoms. The summed E-state index contributed by atoms with van der Waals surface area (Å²) in [5, 5.41) is 3.32. The van der Waals surface area contributed by atoms with Crippen molar-refractivity contribution in [3.63, 3.8) is 0 Å². The molecule has 1 aromatic heterocycles. The Morgan fingerprint density at radius 1 is 1.57 bits per heavy atom. The molecule has 2 saturated heterocycles. The van der Waals surface area contributed by atoms with E-state index in [4.69, 9.17) is 9.15 Å². The summed E-state index contributed by atoms with van der Waals surface area (Å²) < 4.78 is 15.9. The van der Waals surface area contributed by atoms with Gasteiger partial charge in [0.1, 0.15) is 12.0 Å². The van der Waals surface area contributed by atoms with Gasteiger partial charge < -0.3 is 19.2 Å². The number of nitrogens with one attached hydrogen (secondary N) is 1. The fourth-order valence-electron chi connectivity index (χ4n) is 3.06. The number of esters is 1. The molecule has 0 aromatic carbocycles. The summed E-state index contributed by atoms with van der Waals surface area (Å²) in [5.74, 6) is 0.353. The van der Waals surface area contributed by atoms with E-state index >= 15 is 0 Å². The van der Waals surface area contributed by atoms with Gasteiger partial charge in [-0.2, -0.15) is 0 Å². The molecule has 0 radical (unpaired) electrons. The molecule has 116 valence electrons. The number of nitrogens with zero attached hydrogens (tertiary/aromatic N) is 1. The summed E-state index contributed by atoms with van der Waals surface area (Å²) >= 11 is 0. The second kappa shape index (κ2) is 6.60. The lowest BCUT2D eigenvalue weighted by Gasteiger charge is -2.35. The molecular formula is C15H22N2O4. The van der Waals surface area contributed by atoms with E-state index in [1.807, 2.05) is 0 Å². The van der Waals surface area contributed by atoms with E-state index in [-0.39, 0.29) is 12.1 Å². The third-order valence-electron chi connectivity index (χ3n) is 4.21. The second-order valence-corrected chi connectivity index (χ2v) is 5.67. The van der Waals surface area contributed by atoms with Crippen LogP contribution in [-0.2, 0) is 16.0 Å². The number of furan rings is 1. The van der Waals surface area contributed by atoms with Gasteiger partial charge in [0.15, 0.2) is 0 Å². The first kappa shape index (κ1) is 14.6. The lowest BCUT2D eigenvalue weighted by molar-refractivity contribution is -0.0471. The highest BCUT2D eigenvalue weighted by Gasteiger charge is 2.31. The molecule has 3 rings (SSSR count). The molecule has 21 heavy (non-hydrogen) atoms. The number of hydrogen-bond acceptors (Lipinski definition) is 6. The number of morpholine rings is 1. The minimum Gasteiger partial charge on any atom is -0.467 e. The van der Waals surface area contributed by atoms with Crippen LogP contribution in [0, 0.1) is 0 Å². The lowest BCUT2D eigenvalue weighted by atomic mass is 10.2. The zero-order valence-electron chi connectivity index (χ0n) is 12.3. The molecule has 2 fully saturated rings. The number of hydrogen-bond donors (Lipinski definition) is 1. The number of rotatable bonds is 5. The van der Waals surface area contributed by atoms with Crippen LogP contribution in [0.1, 0.15) is 29.0 Å². The van der Waals surface area contributed by atoms with Gasteiger partial charge in [-0.25, -0.2) is 4.79 Å². The van der Waals surface area contributed by atoms with Crippen molar-refractivity contribution in [3.05, 3.63) is 23.7 Å². The van der Waals surface area contributed by atoms with Crippen molar-refractivity contribution < 1.29 is 18.7 Å². The normalized spacial score (nSPS) is 25.8. The maximum absolute atomic E-state index is 11.3. The number of carbonyl (C=O) groups excluding carboxylic acids is 1. The maximum Gasteiger partial charge on any atom is 0.341 e. The van der Waals surface area contributed by atoms with Crippen LogP contribution in [0.5, 0.6) is 0 Å². The van der Waals surface area contributed by atoms with E-state index in [1.165, 1.54) is 32.8 Å². The van der Waals surface area contributed by atoms with Gasteiger partial charge in [-0.05, 0) is 25.5 Å². The average Bonchev–Trinajstić information content (AvgIpc) is 3.14. The Bertz CT molecular complexity index is 488. The third-order valence-corrected chi connectivity index (χ3v) is 4.21. The van der Waals surface area contributed by atoms with Gasteiger partial charge in [-0.3, -0.25) is 4.90 Å². The van der Waals surface area contributed by atoms with Gasteiger partial charge in [-0.1, -0.05) is 0 Å². The predicted molar refractivity (Wildman–Crippen MR) is 76.1 cm³/mol. The Labute approximate surface area is 124 Å². The van der Waals surface area contributed by atoms with Crippen molar-refractivity contribution in [1.29, 1.82) is 0 Å². The summed E-state index contributed by atoms with van der Waals surface area (Å²) in [6, 6.07) is 2.34. The van der Waals surface area contributed by atoms with Crippen molar-refractivity contribution in [2.24, 2.45) is 0 Å². The van der Waals surface area contributed by atoms with E-state index in [2.05, 4.69) is 15.0 Å². The minimum absolute atomic E-state index is 0.231. The van der Waals surface area contributed by atoms with Gasteiger partial charge in [0.05, 0.1) is 31.9 Å². The molecule has 2 atom stereocenters. The lowest BCUT2D eigenvalue weighted by Crippen LogP contribution is -2.49. The monoisotopic (exact) mass is 294 g/mol. The smallest absolute Gasteiger partial charge is 0.341 e. The molecule has 0 spiro atoms. The van der Waals surface area contributed by atoms with Crippen LogP contribution < -0.4 is 5.32 Å². The Morgan fingerprint density at radius 3 is 3.33 bits per heavy atom. The quantitative estimate of drug-likeness (QED) is 0.818. The fourth-order valence-corrected chi connectivity index (χ4v) is 3.06. The summed E-state index contributed by atoms with van der Waals surface area (Å²) in [5.41, 5.74) is 0.447. The topological polar surface area (TPSA) is 63.9 Å². The van der Waals surface area contributed by atoms with E-state index < -0.39 is 0 Å². The number of methoxy groups -OCH3 is 1. The molecule has 6 nitrogen and oxygen atoms in total. The van der Waals surface area contributed by atoms with Crippen molar-refractivity contribution >= 4 is 5.97 Å². The fraction of sp³-hybridized carbons (Fsp3) is 0.667. The van der Waals surface area contributed by atoms with Crippen molar-refractivity contribution in [2.45, 2.75) is 31.5 Å². The standard InChI is InChI=1S/C15H22N2O4/c1-19-15(18)11-5-13(20-9-11)6-16-7-14-8-17-4-2-3-12(17)10-21-14/h5,9,12,14,16H,2-4,6-8,10H2,1H3. The zero-order valence-corrected chi connectivity index (χ0v) is 12.3. The molecule has 6 heteroatoms. The van der Waals surface area contributed by atoms with Crippen molar-refractivity contribution in [1.82, 2.24) is 10.2 Å². The zero-order chi connectivity index (χ0) is 14.7. The third kappa shape index (κ3) is 3.45. The Morgan fingerprint density at radius 2 is 2.48 bits per heavy atom. The minimum atomic E-state index is -0.374. The highest BCUT2D eigenvalue weighted by atomic mass is 16.5. The molecule has 2 aliphatic heterocycles. The Kier molecular flexibility index (Phi) is 4.57. The molecule has 0 amide bonds. The Hall–Kier alpha value is -1.37. The molecule has 1 N–H and O–H groups in total. The summed E-state index contributed by atoms with van der Waals surface area (Å²) in [4.78, 5) is 13.9. The van der Waals surface area contributed by atoms with Crippen molar-refractivity contribution in [3.8, 4) is 0 Å². The summed E-state index contributed by atoms with van der Waals surface area (Å²) in [7, 11) is 1.36. The first-order chi connectivity index (χ1) is 10.3. The van der Waals surface area contributed by atoms with Crippen LogP contribution >= 0.6 is 0 Å². The molecule has 0 aliphatic carbocycles. The van der Waals surface area contributed by atoms with E-state index in [9.17, 15) is 4.79 Å². The van der Waals surface area contributed by atoms with E-state index in [0.717, 1.165) is 25.5 Å². The van der Waals surface area contributed by atoms with Crippen LogP contribution in [0.25, 0.3) is 0 Å². The molecule has 2 aliphatic rings. The largest absolute Gasteiger partial charge is 0.467 e. The van der Waals surface area contributed by atoms with Crippen LogP contribution in [0.2, 0.25) is 0 Å². The van der Waals surface area contributed by atoms with E-state index in [0.29, 0.717) is 18.2 Å². The number of fused-ring (bicyclic) bond motifs is 1. The van der Waals surface area contributed by atoms with Gasteiger partial charge in [0, 0.05) is 19.1 Å². The average molecular weight is 294 g/mol. The van der Waals surface area contributed by atoms with Crippen LogP contribution in [0.3, 0.4) is 0 Å². The Balaban J connectivity index is 1.41. The van der Waals surface area contributed by atoms with Crippen molar-refractivity contribution in [2.75, 3.05) is 33.4 Å². The second-order valence-electron chi connectivity index (χ2n) is 5.67. The molecule has 2 unspecified atom stereocenters. The maximum atomic E-state index is 11.3.